The average Bonchev–Trinajstić information content (AvgIpc) is 2.93. The van der Waals surface area contributed by atoms with Gasteiger partial charge in [-0.3, -0.25) is 4.57 Å². The predicted molar refractivity (Wildman–Crippen MR) is 56.9 cm³/mol. The molecule has 1 fully saturated rings. The van der Waals surface area contributed by atoms with Gasteiger partial charge in [-0.15, -0.1) is 0 Å². The van der Waals surface area contributed by atoms with Crippen molar-refractivity contribution in [1.29, 1.82) is 0 Å². The summed E-state index contributed by atoms with van der Waals surface area (Å²) in [6, 6.07) is 0. The lowest BCUT2D eigenvalue weighted by molar-refractivity contribution is -0.0432. The number of rotatable bonds is 2. The molecule has 0 saturated carbocycles. The number of hydrogen-bond acceptors (Lipinski definition) is 6. The van der Waals surface area contributed by atoms with Crippen LogP contribution in [0, 0.1) is 5.95 Å². The molecule has 7 nitrogen and oxygen atoms in total. The zero-order chi connectivity index (χ0) is 12.7. The van der Waals surface area contributed by atoms with Crippen LogP contribution < -0.4 is 0 Å². The molecule has 0 bridgehead atoms. The molecular formula is C10H11FN4O3. The number of halogens is 1. The van der Waals surface area contributed by atoms with Crippen molar-refractivity contribution >= 4 is 11.2 Å². The summed E-state index contributed by atoms with van der Waals surface area (Å²) in [6.07, 6.45) is 0.867. The number of nitrogens with zero attached hydrogens (tertiary/aromatic N) is 4. The van der Waals surface area contributed by atoms with Crippen LogP contribution in [0.3, 0.4) is 0 Å². The lowest BCUT2D eigenvalue weighted by atomic mass is 10.2. The first kappa shape index (κ1) is 11.5. The maximum Gasteiger partial charge on any atom is 0.244 e. The molecule has 0 unspecified atom stereocenters. The maximum atomic E-state index is 13.3. The smallest absolute Gasteiger partial charge is 0.244 e. The molecule has 96 valence electrons. The van der Waals surface area contributed by atoms with Gasteiger partial charge in [0.2, 0.25) is 5.95 Å². The lowest BCUT2D eigenvalue weighted by Crippen LogP contribution is -2.24. The topological polar surface area (TPSA) is 93.3 Å². The molecule has 3 heterocycles. The van der Waals surface area contributed by atoms with Crippen molar-refractivity contribution in [3.8, 4) is 0 Å². The predicted octanol–water partition coefficient (Wildman–Crippen LogP) is -0.394. The van der Waals surface area contributed by atoms with E-state index in [2.05, 4.69) is 15.0 Å². The van der Waals surface area contributed by atoms with Crippen LogP contribution >= 0.6 is 0 Å². The molecule has 1 saturated heterocycles. The largest absolute Gasteiger partial charge is 0.394 e. The van der Waals surface area contributed by atoms with E-state index in [1.165, 1.54) is 10.9 Å². The molecule has 1 aliphatic heterocycles. The Hall–Kier alpha value is -1.64. The first-order valence-corrected chi connectivity index (χ1v) is 5.48. The van der Waals surface area contributed by atoms with Crippen LogP contribution in [-0.4, -0.2) is 48.5 Å². The zero-order valence-electron chi connectivity index (χ0n) is 9.27. The quantitative estimate of drug-likeness (QED) is 0.709. The fraction of sp³-hybridized carbons (Fsp3) is 0.500. The van der Waals surface area contributed by atoms with Gasteiger partial charge in [-0.25, -0.2) is 15.0 Å². The fourth-order valence-corrected chi connectivity index (χ4v) is 2.08. The molecule has 2 aromatic heterocycles. The molecule has 18 heavy (non-hydrogen) atoms. The van der Waals surface area contributed by atoms with Crippen LogP contribution in [0.15, 0.2) is 12.7 Å². The maximum absolute atomic E-state index is 13.3. The average molecular weight is 254 g/mol. The number of fused-ring (bicyclic) bond motifs is 1. The van der Waals surface area contributed by atoms with Gasteiger partial charge in [0.25, 0.3) is 0 Å². The van der Waals surface area contributed by atoms with Gasteiger partial charge in [-0.2, -0.15) is 4.39 Å². The van der Waals surface area contributed by atoms with E-state index in [0.29, 0.717) is 12.1 Å². The molecule has 0 radical (unpaired) electrons. The van der Waals surface area contributed by atoms with Crippen molar-refractivity contribution in [2.45, 2.75) is 24.9 Å². The second-order valence-electron chi connectivity index (χ2n) is 4.10. The summed E-state index contributed by atoms with van der Waals surface area (Å²) in [5.41, 5.74) is 0.362. The Morgan fingerprint density at radius 3 is 3.00 bits per heavy atom. The Kier molecular flexibility index (Phi) is 2.69. The van der Waals surface area contributed by atoms with E-state index in [1.807, 2.05) is 0 Å². The van der Waals surface area contributed by atoms with Gasteiger partial charge in [-0.05, 0) is 0 Å². The summed E-state index contributed by atoms with van der Waals surface area (Å²) in [5.74, 6) is -0.698. The van der Waals surface area contributed by atoms with E-state index in [0.717, 1.165) is 6.33 Å². The summed E-state index contributed by atoms with van der Waals surface area (Å²) < 4.78 is 20.3. The number of hydrogen-bond donors (Lipinski definition) is 2. The van der Waals surface area contributed by atoms with Crippen LogP contribution in [0.25, 0.3) is 11.2 Å². The second kappa shape index (κ2) is 4.23. The number of aliphatic hydroxyl groups excluding tert-OH is 2. The third-order valence-corrected chi connectivity index (χ3v) is 3.01. The van der Waals surface area contributed by atoms with Crippen molar-refractivity contribution in [1.82, 2.24) is 19.5 Å². The summed E-state index contributed by atoms with van der Waals surface area (Å²) in [7, 11) is 0. The minimum absolute atomic E-state index is 0.0584. The van der Waals surface area contributed by atoms with Crippen molar-refractivity contribution < 1.29 is 19.3 Å². The Bertz CT molecular complexity index is 575. The minimum Gasteiger partial charge on any atom is -0.394 e. The first-order chi connectivity index (χ1) is 8.70. The third kappa shape index (κ3) is 1.65. The van der Waals surface area contributed by atoms with Crippen molar-refractivity contribution in [3.63, 3.8) is 0 Å². The second-order valence-corrected chi connectivity index (χ2v) is 4.10. The summed E-state index contributed by atoms with van der Waals surface area (Å²) in [4.78, 5) is 11.2. The van der Waals surface area contributed by atoms with Crippen LogP contribution in [0.2, 0.25) is 0 Å². The molecule has 0 aliphatic carbocycles. The van der Waals surface area contributed by atoms with Gasteiger partial charge in [-0.1, -0.05) is 0 Å². The molecule has 2 N–H and O–H groups in total. The van der Waals surface area contributed by atoms with Crippen molar-refractivity contribution in [2.75, 3.05) is 6.61 Å². The number of ether oxygens (including phenoxy) is 1. The van der Waals surface area contributed by atoms with Gasteiger partial charge in [0.15, 0.2) is 11.2 Å². The molecule has 1 aliphatic rings. The molecule has 0 amide bonds. The van der Waals surface area contributed by atoms with Gasteiger partial charge in [0.05, 0.1) is 19.0 Å². The van der Waals surface area contributed by atoms with Crippen LogP contribution in [0.5, 0.6) is 0 Å². The molecule has 3 rings (SSSR count). The van der Waals surface area contributed by atoms with Crippen molar-refractivity contribution in [3.05, 3.63) is 18.6 Å². The molecule has 3 atom stereocenters. The van der Waals surface area contributed by atoms with E-state index in [4.69, 9.17) is 9.84 Å². The van der Waals surface area contributed by atoms with E-state index < -0.39 is 24.4 Å². The van der Waals surface area contributed by atoms with E-state index >= 15 is 0 Å². The Labute approximate surface area is 101 Å². The van der Waals surface area contributed by atoms with E-state index in [1.54, 1.807) is 0 Å². The van der Waals surface area contributed by atoms with Crippen LogP contribution in [0.1, 0.15) is 12.6 Å². The molecule has 0 spiro atoms. The molecule has 8 heteroatoms. The van der Waals surface area contributed by atoms with E-state index in [-0.39, 0.29) is 12.1 Å². The standard InChI is InChI=1S/C10H11FN4O3/c11-9-8-10(13-3-12-9)15(4-14-8)7-1-5(17)6(2-16)18-7/h3-7,16-17H,1-2H2/t5-,6+,7-/m1/s1. The first-order valence-electron chi connectivity index (χ1n) is 5.48. The highest BCUT2D eigenvalue weighted by molar-refractivity contribution is 5.69. The molecule has 0 aromatic carbocycles. The monoisotopic (exact) mass is 254 g/mol. The SMILES string of the molecule is OC[C@@H]1O[C@@H](n2cnc3c(F)ncnc32)C[C@H]1O. The van der Waals surface area contributed by atoms with Gasteiger partial charge >= 0.3 is 0 Å². The Balaban J connectivity index is 1.99. The Morgan fingerprint density at radius 1 is 1.44 bits per heavy atom. The minimum atomic E-state index is -0.760. The zero-order valence-corrected chi connectivity index (χ0v) is 9.27. The van der Waals surface area contributed by atoms with E-state index in [9.17, 15) is 9.50 Å². The van der Waals surface area contributed by atoms with Crippen LogP contribution in [-0.2, 0) is 4.74 Å². The van der Waals surface area contributed by atoms with Gasteiger partial charge in [0, 0.05) is 6.42 Å². The van der Waals surface area contributed by atoms with Crippen molar-refractivity contribution in [2.24, 2.45) is 0 Å². The summed E-state index contributed by atoms with van der Waals surface area (Å²) in [5, 5.41) is 18.7. The third-order valence-electron chi connectivity index (χ3n) is 3.01. The van der Waals surface area contributed by atoms with Gasteiger partial charge < -0.3 is 14.9 Å². The number of aliphatic hydroxyl groups is 2. The normalized spacial score (nSPS) is 28.1. The highest BCUT2D eigenvalue weighted by atomic mass is 19.1. The van der Waals surface area contributed by atoms with Gasteiger partial charge in [0.1, 0.15) is 18.7 Å². The Morgan fingerprint density at radius 2 is 2.28 bits per heavy atom. The number of aromatic nitrogens is 4. The summed E-state index contributed by atoms with van der Waals surface area (Å²) >= 11 is 0. The fourth-order valence-electron chi connectivity index (χ4n) is 2.08. The van der Waals surface area contributed by atoms with Crippen LogP contribution in [0.4, 0.5) is 4.39 Å². The number of imidazole rings is 1. The lowest BCUT2D eigenvalue weighted by Gasteiger charge is -2.13. The summed E-state index contributed by atoms with van der Waals surface area (Å²) in [6.45, 7) is -0.270. The molecule has 2 aromatic rings. The molecular weight excluding hydrogens is 243 g/mol. The highest BCUT2D eigenvalue weighted by Crippen LogP contribution is 2.30. The highest BCUT2D eigenvalue weighted by Gasteiger charge is 2.35.